The van der Waals surface area contributed by atoms with Crippen LogP contribution in [0.4, 0.5) is 21.5 Å². The van der Waals surface area contributed by atoms with Crippen molar-refractivity contribution < 1.29 is 23.5 Å². The molecule has 0 bridgehead atoms. The Kier molecular flexibility index (Phi) is 5.72. The molecule has 7 nitrogen and oxygen atoms in total. The van der Waals surface area contributed by atoms with Crippen LogP contribution in [-0.4, -0.2) is 37.1 Å². The Balaban J connectivity index is 1.51. The summed E-state index contributed by atoms with van der Waals surface area (Å²) in [5, 5.41) is 2.80. The van der Waals surface area contributed by atoms with Gasteiger partial charge in [-0.1, -0.05) is 23.8 Å². The molecule has 0 aromatic heterocycles. The number of thioether (sulfide) groups is 1. The molecule has 9 heteroatoms. The van der Waals surface area contributed by atoms with Gasteiger partial charge in [-0.3, -0.25) is 24.2 Å². The molecule has 178 valence electrons. The molecule has 2 aliphatic rings. The van der Waals surface area contributed by atoms with E-state index in [0.717, 1.165) is 5.56 Å². The Hall–Kier alpha value is -3.85. The average molecular weight is 492 g/mol. The molecular weight excluding hydrogens is 469 g/mol. The maximum Gasteiger partial charge on any atom is 0.269 e. The predicted molar refractivity (Wildman–Crippen MR) is 133 cm³/mol. The lowest BCUT2D eigenvalue weighted by Gasteiger charge is -2.33. The number of amides is 3. The van der Waals surface area contributed by atoms with Gasteiger partial charge in [-0.2, -0.15) is 0 Å². The van der Waals surface area contributed by atoms with E-state index in [1.807, 2.05) is 19.1 Å². The van der Waals surface area contributed by atoms with Crippen LogP contribution >= 0.6 is 11.8 Å². The molecule has 5 rings (SSSR count). The molecule has 1 fully saturated rings. The highest BCUT2D eigenvalue weighted by atomic mass is 32.2. The summed E-state index contributed by atoms with van der Waals surface area (Å²) < 4.78 is 19.2. The van der Waals surface area contributed by atoms with Gasteiger partial charge in [0.1, 0.15) is 18.1 Å². The summed E-state index contributed by atoms with van der Waals surface area (Å²) in [6, 6.07) is 18.0. The fraction of sp³-hybridized carbons (Fsp3) is 0.192. The molecule has 35 heavy (non-hydrogen) atoms. The molecular formula is C26H22FN3O4S. The minimum Gasteiger partial charge on any atom is -0.497 e. The van der Waals surface area contributed by atoms with Gasteiger partial charge in [0.05, 0.1) is 18.6 Å². The van der Waals surface area contributed by atoms with Crippen LogP contribution in [0.3, 0.4) is 0 Å². The van der Waals surface area contributed by atoms with Crippen molar-refractivity contribution in [1.82, 2.24) is 0 Å². The van der Waals surface area contributed by atoms with Gasteiger partial charge in [0.2, 0.25) is 16.7 Å². The van der Waals surface area contributed by atoms with E-state index in [0.29, 0.717) is 28.4 Å². The summed E-state index contributed by atoms with van der Waals surface area (Å²) in [7, 11) is 1.56. The number of halogens is 1. The van der Waals surface area contributed by atoms with Crippen LogP contribution in [0.1, 0.15) is 11.1 Å². The Bertz CT molecular complexity index is 1350. The highest BCUT2D eigenvalue weighted by molar-refractivity contribution is 8.02. The molecule has 0 radical (unpaired) electrons. The first-order valence-electron chi connectivity index (χ1n) is 10.9. The molecule has 1 saturated heterocycles. The maximum atomic E-state index is 14.1. The minimum absolute atomic E-state index is 0.0571. The van der Waals surface area contributed by atoms with E-state index in [2.05, 4.69) is 5.32 Å². The topological polar surface area (TPSA) is 79.0 Å². The van der Waals surface area contributed by atoms with E-state index >= 15 is 0 Å². The molecule has 1 N–H and O–H groups in total. The van der Waals surface area contributed by atoms with E-state index in [4.69, 9.17) is 4.74 Å². The number of fused-ring (bicyclic) bond motifs is 2. The number of anilines is 3. The second kappa shape index (κ2) is 8.74. The lowest BCUT2D eigenvalue weighted by molar-refractivity contribution is -0.124. The number of nitrogens with one attached hydrogen (secondary N) is 1. The van der Waals surface area contributed by atoms with Crippen molar-refractivity contribution in [2.75, 3.05) is 34.5 Å². The van der Waals surface area contributed by atoms with Crippen molar-refractivity contribution in [3.63, 3.8) is 0 Å². The summed E-state index contributed by atoms with van der Waals surface area (Å²) in [6.45, 7) is 1.65. The van der Waals surface area contributed by atoms with Gasteiger partial charge in [-0.05, 0) is 55.5 Å². The largest absolute Gasteiger partial charge is 0.497 e. The third-order valence-corrected chi connectivity index (χ3v) is 7.44. The summed E-state index contributed by atoms with van der Waals surface area (Å²) in [5.74, 6) is -0.897. The smallest absolute Gasteiger partial charge is 0.269 e. The Morgan fingerprint density at radius 1 is 1.11 bits per heavy atom. The van der Waals surface area contributed by atoms with Crippen LogP contribution in [0.25, 0.3) is 0 Å². The van der Waals surface area contributed by atoms with Crippen molar-refractivity contribution in [3.05, 3.63) is 83.7 Å². The van der Waals surface area contributed by atoms with Gasteiger partial charge in [0, 0.05) is 16.9 Å². The van der Waals surface area contributed by atoms with E-state index in [1.165, 1.54) is 39.8 Å². The van der Waals surface area contributed by atoms with Crippen molar-refractivity contribution in [3.8, 4) is 5.75 Å². The highest BCUT2D eigenvalue weighted by Gasteiger charge is 2.61. The molecule has 2 heterocycles. The van der Waals surface area contributed by atoms with E-state index < -0.39 is 22.5 Å². The summed E-state index contributed by atoms with van der Waals surface area (Å²) >= 11 is 1.18. The van der Waals surface area contributed by atoms with Gasteiger partial charge in [0.15, 0.2) is 0 Å². The summed E-state index contributed by atoms with van der Waals surface area (Å²) in [5.41, 5.74) is 2.92. The first-order valence-corrected chi connectivity index (χ1v) is 11.9. The number of ether oxygens (including phenoxy) is 1. The predicted octanol–water partition coefficient (Wildman–Crippen LogP) is 4.06. The zero-order chi connectivity index (χ0) is 24.7. The van der Waals surface area contributed by atoms with Crippen LogP contribution in [0, 0.1) is 12.7 Å². The molecule has 2 aliphatic heterocycles. The standard InChI is InChI=1S/C26H22FN3O4S/c1-16-6-11-22-21(12-16)26(30(24(32)15-35-26)19-5-3-4-17(27)13-19)25(33)29(22)14-23(31)28-18-7-9-20(34-2)10-8-18/h3-13H,14-15H2,1-2H3,(H,28,31). The average Bonchev–Trinajstić information content (AvgIpc) is 3.30. The van der Waals surface area contributed by atoms with Crippen LogP contribution in [-0.2, 0) is 19.3 Å². The Morgan fingerprint density at radius 2 is 1.89 bits per heavy atom. The lowest BCUT2D eigenvalue weighted by atomic mass is 10.0. The lowest BCUT2D eigenvalue weighted by Crippen LogP contribution is -2.51. The van der Waals surface area contributed by atoms with E-state index in [9.17, 15) is 18.8 Å². The van der Waals surface area contributed by atoms with Crippen LogP contribution in [0.2, 0.25) is 0 Å². The molecule has 1 unspecified atom stereocenters. The second-order valence-corrected chi connectivity index (χ2v) is 9.50. The molecule has 0 aliphatic carbocycles. The highest BCUT2D eigenvalue weighted by Crippen LogP contribution is 2.55. The van der Waals surface area contributed by atoms with Gasteiger partial charge < -0.3 is 10.1 Å². The Labute approximate surface area is 205 Å². The van der Waals surface area contributed by atoms with Gasteiger partial charge >= 0.3 is 0 Å². The SMILES string of the molecule is COc1ccc(NC(=O)CN2C(=O)C3(SCC(=O)N3c3cccc(F)c3)c3cc(C)ccc32)cc1. The fourth-order valence-electron chi connectivity index (χ4n) is 4.51. The van der Waals surface area contributed by atoms with Crippen LogP contribution in [0.15, 0.2) is 66.7 Å². The van der Waals surface area contributed by atoms with Crippen LogP contribution in [0.5, 0.6) is 5.75 Å². The number of nitrogens with zero attached hydrogens (tertiary/aromatic N) is 2. The number of rotatable bonds is 5. The van der Waals surface area contributed by atoms with Gasteiger partial charge in [-0.25, -0.2) is 4.39 Å². The second-order valence-electron chi connectivity index (χ2n) is 8.33. The van der Waals surface area contributed by atoms with Crippen molar-refractivity contribution >= 4 is 46.5 Å². The molecule has 1 atom stereocenters. The van der Waals surface area contributed by atoms with Crippen LogP contribution < -0.4 is 19.9 Å². The molecule has 3 amide bonds. The van der Waals surface area contributed by atoms with E-state index in [-0.39, 0.29) is 18.2 Å². The van der Waals surface area contributed by atoms with E-state index in [1.54, 1.807) is 43.5 Å². The fourth-order valence-corrected chi connectivity index (χ4v) is 5.86. The molecule has 3 aromatic carbocycles. The van der Waals surface area contributed by atoms with Crippen molar-refractivity contribution in [2.24, 2.45) is 0 Å². The first kappa shape index (κ1) is 22.9. The third kappa shape index (κ3) is 3.81. The number of hydrogen-bond donors (Lipinski definition) is 1. The maximum absolute atomic E-state index is 14.1. The summed E-state index contributed by atoms with van der Waals surface area (Å²) in [4.78, 5) is 41.3. The minimum atomic E-state index is -1.41. The number of carbonyl (C=O) groups excluding carboxylic acids is 3. The zero-order valence-electron chi connectivity index (χ0n) is 19.1. The zero-order valence-corrected chi connectivity index (χ0v) is 19.9. The third-order valence-electron chi connectivity index (χ3n) is 6.05. The molecule has 1 spiro atoms. The Morgan fingerprint density at radius 3 is 2.60 bits per heavy atom. The number of hydrogen-bond acceptors (Lipinski definition) is 5. The number of carbonyl (C=O) groups is 3. The van der Waals surface area contributed by atoms with Gasteiger partial charge in [0.25, 0.3) is 5.91 Å². The summed E-state index contributed by atoms with van der Waals surface area (Å²) in [6.07, 6.45) is 0. The quantitative estimate of drug-likeness (QED) is 0.582. The molecule has 3 aromatic rings. The van der Waals surface area contributed by atoms with Crippen molar-refractivity contribution in [2.45, 2.75) is 11.8 Å². The van der Waals surface area contributed by atoms with Gasteiger partial charge in [-0.15, -0.1) is 11.8 Å². The first-order chi connectivity index (χ1) is 16.8. The number of benzene rings is 3. The number of aryl methyl sites for hydroxylation is 1. The number of methoxy groups -OCH3 is 1. The monoisotopic (exact) mass is 491 g/mol. The normalized spacial score (nSPS) is 18.8. The molecule has 0 saturated carbocycles. The van der Waals surface area contributed by atoms with Crippen molar-refractivity contribution in [1.29, 1.82) is 0 Å².